The third-order valence-corrected chi connectivity index (χ3v) is 7.06. The minimum atomic E-state index is -3.32. The molecule has 0 atom stereocenters. The highest BCUT2D eigenvalue weighted by Gasteiger charge is 2.17. The van der Waals surface area contributed by atoms with Crippen LogP contribution in [0.15, 0.2) is 76.6 Å². The van der Waals surface area contributed by atoms with Crippen LogP contribution in [0.3, 0.4) is 0 Å². The van der Waals surface area contributed by atoms with Crippen molar-refractivity contribution in [2.24, 2.45) is 0 Å². The summed E-state index contributed by atoms with van der Waals surface area (Å²) in [7, 11) is -3.32. The summed E-state index contributed by atoms with van der Waals surface area (Å²) in [6.07, 6.45) is 2.74. The molecule has 0 bridgehead atoms. The van der Waals surface area contributed by atoms with Gasteiger partial charge in [-0.1, -0.05) is 47.5 Å². The Kier molecular flexibility index (Phi) is 5.55. The Bertz CT molecular complexity index is 1390. The Balaban J connectivity index is 1.95. The third kappa shape index (κ3) is 4.06. The van der Waals surface area contributed by atoms with Crippen molar-refractivity contribution in [3.05, 3.63) is 86.6 Å². The van der Waals surface area contributed by atoms with Crippen LogP contribution in [0.1, 0.15) is 0 Å². The summed E-state index contributed by atoms with van der Waals surface area (Å²) in [5.74, 6) is 0. The van der Waals surface area contributed by atoms with Crippen molar-refractivity contribution in [3.63, 3.8) is 0 Å². The molecule has 0 amide bonds. The van der Waals surface area contributed by atoms with Crippen molar-refractivity contribution < 1.29 is 8.42 Å². The Morgan fingerprint density at radius 1 is 0.900 bits per heavy atom. The van der Waals surface area contributed by atoms with E-state index in [-0.39, 0.29) is 10.5 Å². The van der Waals surface area contributed by atoms with Gasteiger partial charge in [0, 0.05) is 16.8 Å². The second-order valence-corrected chi connectivity index (χ2v) is 10.7. The summed E-state index contributed by atoms with van der Waals surface area (Å²) in [4.78, 5) is 13.6. The maximum atomic E-state index is 13.4. The molecule has 0 aliphatic heterocycles. The van der Waals surface area contributed by atoms with Crippen LogP contribution in [0, 0.1) is 0 Å². The Morgan fingerprint density at radius 2 is 1.53 bits per heavy atom. The molecule has 5 nitrogen and oxygen atoms in total. The first-order chi connectivity index (χ1) is 14.2. The van der Waals surface area contributed by atoms with Gasteiger partial charge in [-0.2, -0.15) is 9.78 Å². The van der Waals surface area contributed by atoms with Gasteiger partial charge in [0.25, 0.3) is 5.56 Å². The van der Waals surface area contributed by atoms with Gasteiger partial charge in [-0.05, 0) is 47.5 Å². The molecule has 0 spiro atoms. The van der Waals surface area contributed by atoms with Gasteiger partial charge in [-0.3, -0.25) is 4.79 Å². The second-order valence-electron chi connectivity index (χ2n) is 6.53. The minimum absolute atomic E-state index is 0.203. The fraction of sp³-hybridized carbons (Fsp3) is 0.0476. The molecule has 4 rings (SSSR count). The highest BCUT2D eigenvalue weighted by atomic mass is 35.5. The van der Waals surface area contributed by atoms with Gasteiger partial charge in [-0.15, -0.1) is 11.3 Å². The lowest BCUT2D eigenvalue weighted by atomic mass is 9.97. The zero-order chi connectivity index (χ0) is 21.5. The standard InChI is InChI=1S/C21H14Cl2N2O3S2/c1-30(27,28)16-8-4-13(5-9-16)17-12-24-25(19-11-10-18(23)29-19)21(26)20(17)14-2-6-15(22)7-3-14/h2-12H,1H3. The van der Waals surface area contributed by atoms with E-state index in [1.54, 1.807) is 54.7 Å². The molecule has 152 valence electrons. The molecule has 30 heavy (non-hydrogen) atoms. The lowest BCUT2D eigenvalue weighted by Crippen LogP contribution is -2.22. The van der Waals surface area contributed by atoms with Crippen LogP contribution in [-0.4, -0.2) is 24.5 Å². The first-order valence-electron chi connectivity index (χ1n) is 8.68. The molecular weight excluding hydrogens is 463 g/mol. The lowest BCUT2D eigenvalue weighted by molar-refractivity contribution is 0.602. The van der Waals surface area contributed by atoms with E-state index < -0.39 is 9.84 Å². The van der Waals surface area contributed by atoms with Gasteiger partial charge >= 0.3 is 0 Å². The highest BCUT2D eigenvalue weighted by Crippen LogP contribution is 2.31. The SMILES string of the molecule is CS(=O)(=O)c1ccc(-c2cnn(-c3ccc(Cl)s3)c(=O)c2-c2ccc(Cl)cc2)cc1. The van der Waals surface area contributed by atoms with E-state index >= 15 is 0 Å². The molecular formula is C21H14Cl2N2O3S2. The van der Waals surface area contributed by atoms with Gasteiger partial charge in [-0.25, -0.2) is 8.42 Å². The van der Waals surface area contributed by atoms with E-state index in [0.717, 1.165) is 6.26 Å². The summed E-state index contributed by atoms with van der Waals surface area (Å²) >= 11 is 13.3. The van der Waals surface area contributed by atoms with Gasteiger partial charge in [0.15, 0.2) is 9.84 Å². The summed E-state index contributed by atoms with van der Waals surface area (Å²) in [5, 5.41) is 5.47. The van der Waals surface area contributed by atoms with Gasteiger partial charge < -0.3 is 0 Å². The molecule has 0 aliphatic rings. The fourth-order valence-electron chi connectivity index (χ4n) is 3.03. The van der Waals surface area contributed by atoms with Crippen LogP contribution in [0.2, 0.25) is 9.36 Å². The van der Waals surface area contributed by atoms with E-state index in [9.17, 15) is 13.2 Å². The maximum absolute atomic E-state index is 13.4. The van der Waals surface area contributed by atoms with Crippen molar-refractivity contribution in [2.75, 3.05) is 6.26 Å². The Morgan fingerprint density at radius 3 is 2.10 bits per heavy atom. The van der Waals surface area contributed by atoms with Gasteiger partial charge in [0.2, 0.25) is 0 Å². The number of rotatable bonds is 4. The molecule has 2 heterocycles. The van der Waals surface area contributed by atoms with E-state index in [4.69, 9.17) is 23.2 Å². The number of hydrogen-bond acceptors (Lipinski definition) is 5. The quantitative estimate of drug-likeness (QED) is 0.398. The number of aromatic nitrogens is 2. The molecule has 0 aliphatic carbocycles. The van der Waals surface area contributed by atoms with E-state index in [1.165, 1.54) is 28.2 Å². The molecule has 0 saturated heterocycles. The number of halogens is 2. The van der Waals surface area contributed by atoms with Crippen LogP contribution in [0.25, 0.3) is 27.3 Å². The van der Waals surface area contributed by atoms with Crippen molar-refractivity contribution in [2.45, 2.75) is 4.90 Å². The number of nitrogens with zero attached hydrogens (tertiary/aromatic N) is 2. The van der Waals surface area contributed by atoms with E-state index in [1.807, 2.05) is 0 Å². The van der Waals surface area contributed by atoms with Crippen molar-refractivity contribution >= 4 is 44.4 Å². The predicted molar refractivity (Wildman–Crippen MR) is 122 cm³/mol. The van der Waals surface area contributed by atoms with E-state index in [2.05, 4.69) is 5.10 Å². The summed E-state index contributed by atoms with van der Waals surface area (Å²) in [6.45, 7) is 0. The molecule has 2 aromatic heterocycles. The summed E-state index contributed by atoms with van der Waals surface area (Å²) in [6, 6.07) is 16.7. The molecule has 0 radical (unpaired) electrons. The first kappa shape index (κ1) is 20.8. The van der Waals surface area contributed by atoms with E-state index in [0.29, 0.717) is 36.6 Å². The van der Waals surface area contributed by atoms with Gasteiger partial charge in [0.1, 0.15) is 5.00 Å². The lowest BCUT2D eigenvalue weighted by Gasteiger charge is -2.12. The summed E-state index contributed by atoms with van der Waals surface area (Å²) in [5.41, 5.74) is 2.04. The van der Waals surface area contributed by atoms with Crippen LogP contribution < -0.4 is 5.56 Å². The molecule has 9 heteroatoms. The Labute approximate surface area is 187 Å². The fourth-order valence-corrected chi connectivity index (χ4v) is 4.77. The molecule has 2 aromatic carbocycles. The first-order valence-corrected chi connectivity index (χ1v) is 12.1. The summed E-state index contributed by atoms with van der Waals surface area (Å²) < 4.78 is 25.4. The smallest absolute Gasteiger partial charge is 0.267 e. The maximum Gasteiger partial charge on any atom is 0.280 e. The largest absolute Gasteiger partial charge is 0.280 e. The molecule has 0 unspecified atom stereocenters. The topological polar surface area (TPSA) is 69.0 Å². The molecule has 0 saturated carbocycles. The number of hydrogen-bond donors (Lipinski definition) is 0. The van der Waals surface area contributed by atoms with Gasteiger partial charge in [0.05, 0.1) is 21.0 Å². The second kappa shape index (κ2) is 8.00. The van der Waals surface area contributed by atoms with Crippen LogP contribution in [0.4, 0.5) is 0 Å². The van der Waals surface area contributed by atoms with Crippen LogP contribution in [-0.2, 0) is 9.84 Å². The van der Waals surface area contributed by atoms with Crippen molar-refractivity contribution in [3.8, 4) is 27.3 Å². The third-order valence-electron chi connectivity index (χ3n) is 4.47. The average molecular weight is 477 g/mol. The average Bonchev–Trinajstić information content (AvgIpc) is 3.14. The van der Waals surface area contributed by atoms with Crippen molar-refractivity contribution in [1.82, 2.24) is 9.78 Å². The van der Waals surface area contributed by atoms with Crippen LogP contribution >= 0.6 is 34.5 Å². The Hall–Kier alpha value is -2.45. The van der Waals surface area contributed by atoms with Crippen molar-refractivity contribution in [1.29, 1.82) is 0 Å². The number of benzene rings is 2. The molecule has 0 fully saturated rings. The molecule has 0 N–H and O–H groups in total. The minimum Gasteiger partial charge on any atom is -0.267 e. The molecule has 4 aromatic rings. The monoisotopic (exact) mass is 476 g/mol. The number of thiophene rings is 1. The normalized spacial score (nSPS) is 11.6. The zero-order valence-electron chi connectivity index (χ0n) is 15.5. The highest BCUT2D eigenvalue weighted by molar-refractivity contribution is 7.90. The number of sulfone groups is 1. The zero-order valence-corrected chi connectivity index (χ0v) is 18.7. The van der Waals surface area contributed by atoms with Crippen LogP contribution in [0.5, 0.6) is 0 Å². The predicted octanol–water partition coefficient (Wildman–Crippen LogP) is 5.34.